The number of aromatic nitrogens is 2. The van der Waals surface area contributed by atoms with Gasteiger partial charge in [-0.15, -0.1) is 0 Å². The summed E-state index contributed by atoms with van der Waals surface area (Å²) in [6.07, 6.45) is 11.5. The number of aromatic amines is 1. The first-order chi connectivity index (χ1) is 6.83. The Morgan fingerprint density at radius 3 is 2.86 bits per heavy atom. The number of nitrogens with zero attached hydrogens (tertiary/aromatic N) is 1. The highest BCUT2D eigenvalue weighted by molar-refractivity contribution is 4.86. The van der Waals surface area contributed by atoms with Crippen molar-refractivity contribution in [2.45, 2.75) is 52.4 Å². The standard InChI is InChI=1S/C12H22N2/c1-3-4-5-6-11(2)7-8-12-13-9-10-14-12/h9-11H,3-8H2,1-2H3,(H,13,14). The molecule has 80 valence electrons. The lowest BCUT2D eigenvalue weighted by Crippen LogP contribution is -1.98. The molecule has 0 saturated heterocycles. The molecule has 1 aromatic heterocycles. The minimum atomic E-state index is 0.839. The summed E-state index contributed by atoms with van der Waals surface area (Å²) in [5.74, 6) is 1.97. The molecule has 0 aliphatic carbocycles. The highest BCUT2D eigenvalue weighted by Crippen LogP contribution is 2.14. The molecule has 14 heavy (non-hydrogen) atoms. The Kier molecular flexibility index (Phi) is 5.35. The lowest BCUT2D eigenvalue weighted by molar-refractivity contribution is 0.460. The van der Waals surface area contributed by atoms with E-state index < -0.39 is 0 Å². The molecule has 0 amide bonds. The molecule has 1 N–H and O–H groups in total. The molecule has 0 aromatic carbocycles. The molecule has 1 heterocycles. The van der Waals surface area contributed by atoms with Crippen LogP contribution in [0.3, 0.4) is 0 Å². The van der Waals surface area contributed by atoms with Crippen molar-refractivity contribution < 1.29 is 0 Å². The van der Waals surface area contributed by atoms with Gasteiger partial charge in [0.1, 0.15) is 5.82 Å². The van der Waals surface area contributed by atoms with E-state index in [4.69, 9.17) is 0 Å². The summed E-state index contributed by atoms with van der Waals surface area (Å²) in [5.41, 5.74) is 0. The largest absolute Gasteiger partial charge is 0.349 e. The summed E-state index contributed by atoms with van der Waals surface area (Å²) in [6.45, 7) is 4.60. The van der Waals surface area contributed by atoms with E-state index in [1.165, 1.54) is 32.1 Å². The molecule has 0 spiro atoms. The number of hydrogen-bond donors (Lipinski definition) is 1. The predicted molar refractivity (Wildman–Crippen MR) is 60.2 cm³/mol. The highest BCUT2D eigenvalue weighted by Gasteiger charge is 2.03. The van der Waals surface area contributed by atoms with Crippen molar-refractivity contribution in [3.8, 4) is 0 Å². The zero-order valence-electron chi connectivity index (χ0n) is 9.42. The summed E-state index contributed by atoms with van der Waals surface area (Å²) < 4.78 is 0. The molecule has 0 bridgehead atoms. The van der Waals surface area contributed by atoms with Crippen molar-refractivity contribution in [3.63, 3.8) is 0 Å². The van der Waals surface area contributed by atoms with E-state index >= 15 is 0 Å². The van der Waals surface area contributed by atoms with E-state index in [-0.39, 0.29) is 0 Å². The second-order valence-electron chi connectivity index (χ2n) is 4.18. The fourth-order valence-electron chi connectivity index (χ4n) is 1.70. The van der Waals surface area contributed by atoms with Gasteiger partial charge in [-0.2, -0.15) is 0 Å². The molecule has 1 atom stereocenters. The monoisotopic (exact) mass is 194 g/mol. The van der Waals surface area contributed by atoms with E-state index in [0.29, 0.717) is 0 Å². The van der Waals surface area contributed by atoms with Crippen LogP contribution in [0.15, 0.2) is 12.4 Å². The van der Waals surface area contributed by atoms with Crippen molar-refractivity contribution in [1.29, 1.82) is 0 Å². The molecule has 0 fully saturated rings. The van der Waals surface area contributed by atoms with Crippen LogP contribution in [0, 0.1) is 5.92 Å². The Hall–Kier alpha value is -0.790. The first-order valence-electron chi connectivity index (χ1n) is 5.81. The first kappa shape index (κ1) is 11.3. The molecule has 2 nitrogen and oxygen atoms in total. The van der Waals surface area contributed by atoms with Gasteiger partial charge in [0, 0.05) is 18.8 Å². The average molecular weight is 194 g/mol. The van der Waals surface area contributed by atoms with Gasteiger partial charge in [-0.25, -0.2) is 4.98 Å². The van der Waals surface area contributed by atoms with Crippen LogP contribution in [0.25, 0.3) is 0 Å². The smallest absolute Gasteiger partial charge is 0.106 e. The number of aryl methyl sites for hydroxylation is 1. The fourth-order valence-corrected chi connectivity index (χ4v) is 1.70. The van der Waals surface area contributed by atoms with Crippen LogP contribution in [0.2, 0.25) is 0 Å². The Morgan fingerprint density at radius 2 is 2.21 bits per heavy atom. The normalized spacial score (nSPS) is 13.0. The number of imidazole rings is 1. The summed E-state index contributed by atoms with van der Waals surface area (Å²) in [7, 11) is 0. The van der Waals surface area contributed by atoms with E-state index in [1.54, 1.807) is 0 Å². The molecule has 1 unspecified atom stereocenters. The summed E-state index contributed by atoms with van der Waals surface area (Å²) in [4.78, 5) is 7.38. The van der Waals surface area contributed by atoms with Gasteiger partial charge in [0.05, 0.1) is 0 Å². The number of unbranched alkanes of at least 4 members (excludes halogenated alkanes) is 2. The van der Waals surface area contributed by atoms with Crippen LogP contribution in [-0.2, 0) is 6.42 Å². The quantitative estimate of drug-likeness (QED) is 0.661. The summed E-state index contributed by atoms with van der Waals surface area (Å²) in [6, 6.07) is 0. The minimum Gasteiger partial charge on any atom is -0.349 e. The van der Waals surface area contributed by atoms with Gasteiger partial charge >= 0.3 is 0 Å². The molecule has 2 heteroatoms. The molecule has 1 rings (SSSR count). The van der Waals surface area contributed by atoms with Gasteiger partial charge in [-0.05, 0) is 12.3 Å². The molecule has 1 aromatic rings. The van der Waals surface area contributed by atoms with Gasteiger partial charge < -0.3 is 4.98 Å². The third-order valence-corrected chi connectivity index (χ3v) is 2.73. The number of hydrogen-bond acceptors (Lipinski definition) is 1. The van der Waals surface area contributed by atoms with Crippen molar-refractivity contribution in [2.24, 2.45) is 5.92 Å². The van der Waals surface area contributed by atoms with Crippen LogP contribution in [0.5, 0.6) is 0 Å². The second-order valence-corrected chi connectivity index (χ2v) is 4.18. The molecular weight excluding hydrogens is 172 g/mol. The predicted octanol–water partition coefficient (Wildman–Crippen LogP) is 3.56. The Morgan fingerprint density at radius 1 is 1.36 bits per heavy atom. The van der Waals surface area contributed by atoms with Gasteiger partial charge in [-0.1, -0.05) is 39.5 Å². The maximum Gasteiger partial charge on any atom is 0.106 e. The lowest BCUT2D eigenvalue weighted by Gasteiger charge is -2.09. The van der Waals surface area contributed by atoms with Gasteiger partial charge in [0.15, 0.2) is 0 Å². The van der Waals surface area contributed by atoms with E-state index in [0.717, 1.165) is 18.2 Å². The van der Waals surface area contributed by atoms with E-state index in [1.807, 2.05) is 12.4 Å². The van der Waals surface area contributed by atoms with Crippen LogP contribution >= 0.6 is 0 Å². The zero-order chi connectivity index (χ0) is 10.2. The topological polar surface area (TPSA) is 28.7 Å². The van der Waals surface area contributed by atoms with Crippen molar-refractivity contribution >= 4 is 0 Å². The van der Waals surface area contributed by atoms with Gasteiger partial charge in [0.2, 0.25) is 0 Å². The van der Waals surface area contributed by atoms with Crippen molar-refractivity contribution in [1.82, 2.24) is 9.97 Å². The molecule has 0 aliphatic heterocycles. The number of nitrogens with one attached hydrogen (secondary N) is 1. The van der Waals surface area contributed by atoms with Crippen LogP contribution in [0.4, 0.5) is 0 Å². The second kappa shape index (κ2) is 6.63. The van der Waals surface area contributed by atoms with Gasteiger partial charge in [-0.3, -0.25) is 0 Å². The van der Waals surface area contributed by atoms with Gasteiger partial charge in [0.25, 0.3) is 0 Å². The van der Waals surface area contributed by atoms with Crippen LogP contribution < -0.4 is 0 Å². The third-order valence-electron chi connectivity index (χ3n) is 2.73. The SMILES string of the molecule is CCCCCC(C)CCc1ncc[nH]1. The third kappa shape index (κ3) is 4.45. The first-order valence-corrected chi connectivity index (χ1v) is 5.81. The van der Waals surface area contributed by atoms with Crippen molar-refractivity contribution in [3.05, 3.63) is 18.2 Å². The maximum atomic E-state index is 4.23. The fraction of sp³-hybridized carbons (Fsp3) is 0.750. The summed E-state index contributed by atoms with van der Waals surface area (Å²) in [5, 5.41) is 0. The van der Waals surface area contributed by atoms with Crippen LogP contribution in [0.1, 0.15) is 51.8 Å². The molecule has 0 radical (unpaired) electrons. The zero-order valence-corrected chi connectivity index (χ0v) is 9.42. The lowest BCUT2D eigenvalue weighted by atomic mass is 9.98. The van der Waals surface area contributed by atoms with E-state index in [2.05, 4.69) is 23.8 Å². The number of rotatable bonds is 7. The summed E-state index contributed by atoms with van der Waals surface area (Å²) >= 11 is 0. The molecule has 0 saturated carbocycles. The maximum absolute atomic E-state index is 4.23. The minimum absolute atomic E-state index is 0.839. The Bertz CT molecular complexity index is 216. The molecular formula is C12H22N2. The Labute approximate surface area is 87.1 Å². The van der Waals surface area contributed by atoms with Crippen molar-refractivity contribution in [2.75, 3.05) is 0 Å². The number of H-pyrrole nitrogens is 1. The van der Waals surface area contributed by atoms with E-state index in [9.17, 15) is 0 Å². The van der Waals surface area contributed by atoms with Crippen LogP contribution in [-0.4, -0.2) is 9.97 Å². The molecule has 0 aliphatic rings. The average Bonchev–Trinajstić information content (AvgIpc) is 2.68. The highest BCUT2D eigenvalue weighted by atomic mass is 14.9. The Balaban J connectivity index is 2.06.